The smallest absolute Gasteiger partial charge is 0.329 e. The largest absolute Gasteiger partial charge is 0.480 e. The number of benzene rings is 1. The maximum absolute atomic E-state index is 12.2. The van der Waals surface area contributed by atoms with Crippen molar-refractivity contribution in [1.82, 2.24) is 5.32 Å². The average molecular weight is 341 g/mol. The van der Waals surface area contributed by atoms with Gasteiger partial charge in [0.15, 0.2) is 0 Å². The van der Waals surface area contributed by atoms with Crippen LogP contribution in [0.5, 0.6) is 0 Å². The highest BCUT2D eigenvalue weighted by Gasteiger charge is 2.41. The number of rotatable bonds is 3. The number of hydrogen-bond acceptors (Lipinski definition) is 3. The Kier molecular flexibility index (Phi) is 4.32. The van der Waals surface area contributed by atoms with Gasteiger partial charge in [-0.25, -0.2) is 4.79 Å². The topological polar surface area (TPSA) is 92.4 Å². The van der Waals surface area contributed by atoms with Crippen LogP contribution in [-0.4, -0.2) is 22.5 Å². The Bertz CT molecular complexity index is 539. The minimum atomic E-state index is -1.14. The number of aliphatic carboxylic acids is 1. The van der Waals surface area contributed by atoms with Gasteiger partial charge < -0.3 is 16.2 Å². The van der Waals surface area contributed by atoms with Crippen LogP contribution in [0.2, 0.25) is 0 Å². The zero-order chi connectivity index (χ0) is 14.8. The maximum atomic E-state index is 12.2. The zero-order valence-electron chi connectivity index (χ0n) is 11.0. The van der Waals surface area contributed by atoms with Crippen molar-refractivity contribution in [3.8, 4) is 0 Å². The van der Waals surface area contributed by atoms with Gasteiger partial charge in [-0.2, -0.15) is 0 Å². The number of carbonyl (C=O) groups excluding carboxylic acids is 1. The Balaban J connectivity index is 2.20. The number of nitrogen functional groups attached to an aromatic ring is 1. The molecular formula is C14H17BrN2O3. The van der Waals surface area contributed by atoms with E-state index in [9.17, 15) is 14.7 Å². The minimum absolute atomic E-state index is 0.380. The van der Waals surface area contributed by atoms with Gasteiger partial charge in [0.2, 0.25) is 0 Å². The van der Waals surface area contributed by atoms with Crippen molar-refractivity contribution in [2.45, 2.75) is 37.6 Å². The van der Waals surface area contributed by atoms with E-state index in [1.54, 1.807) is 18.2 Å². The van der Waals surface area contributed by atoms with Gasteiger partial charge in [0.05, 0.1) is 0 Å². The molecule has 0 radical (unpaired) electrons. The van der Waals surface area contributed by atoms with Crippen LogP contribution in [-0.2, 0) is 4.79 Å². The first-order valence-corrected chi connectivity index (χ1v) is 7.35. The SMILES string of the molecule is Nc1ccc(C(=O)NC2(C(=O)O)CCCCC2)cc1Br. The molecule has 0 bridgehead atoms. The van der Waals surface area contributed by atoms with Crippen LogP contribution in [0.15, 0.2) is 22.7 Å². The second-order valence-electron chi connectivity index (χ2n) is 5.14. The summed E-state index contributed by atoms with van der Waals surface area (Å²) in [7, 11) is 0. The number of carboxylic acid groups (broad SMARTS) is 1. The predicted octanol–water partition coefficient (Wildman–Crippen LogP) is 2.55. The Labute approximate surface area is 125 Å². The second-order valence-corrected chi connectivity index (χ2v) is 5.99. The summed E-state index contributed by atoms with van der Waals surface area (Å²) < 4.78 is 0.623. The van der Waals surface area contributed by atoms with E-state index in [4.69, 9.17) is 5.73 Å². The lowest BCUT2D eigenvalue weighted by molar-refractivity contribution is -0.145. The number of hydrogen-bond donors (Lipinski definition) is 3. The van der Waals surface area contributed by atoms with Crippen LogP contribution in [0.4, 0.5) is 5.69 Å². The lowest BCUT2D eigenvalue weighted by Crippen LogP contribution is -2.55. The third kappa shape index (κ3) is 2.95. The summed E-state index contributed by atoms with van der Waals surface area (Å²) >= 11 is 3.26. The van der Waals surface area contributed by atoms with Crippen molar-refractivity contribution in [3.63, 3.8) is 0 Å². The first-order valence-electron chi connectivity index (χ1n) is 6.55. The molecule has 1 aromatic carbocycles. The molecule has 1 aromatic rings. The summed E-state index contributed by atoms with van der Waals surface area (Å²) in [6, 6.07) is 4.81. The number of nitrogens with one attached hydrogen (secondary N) is 1. The molecule has 0 atom stereocenters. The number of halogens is 1. The fourth-order valence-electron chi connectivity index (χ4n) is 2.51. The fraction of sp³-hybridized carbons (Fsp3) is 0.429. The molecule has 0 saturated heterocycles. The van der Waals surface area contributed by atoms with Crippen LogP contribution in [0.3, 0.4) is 0 Å². The summed E-state index contributed by atoms with van der Waals surface area (Å²) in [5.74, 6) is -1.34. The van der Waals surface area contributed by atoms with E-state index < -0.39 is 11.5 Å². The highest BCUT2D eigenvalue weighted by Crippen LogP contribution is 2.29. The van der Waals surface area contributed by atoms with Gasteiger partial charge in [-0.3, -0.25) is 4.79 Å². The second kappa shape index (κ2) is 5.83. The fourth-order valence-corrected chi connectivity index (χ4v) is 2.88. The Morgan fingerprint density at radius 1 is 1.25 bits per heavy atom. The molecule has 1 aliphatic carbocycles. The van der Waals surface area contributed by atoms with Crippen molar-refractivity contribution in [2.75, 3.05) is 5.73 Å². The first kappa shape index (κ1) is 14.8. The molecule has 0 heterocycles. The summed E-state index contributed by atoms with van der Waals surface area (Å²) in [6.07, 6.45) is 3.60. The van der Waals surface area contributed by atoms with Crippen molar-refractivity contribution in [2.24, 2.45) is 0 Å². The molecule has 0 spiro atoms. The number of nitrogens with two attached hydrogens (primary N) is 1. The Hall–Kier alpha value is -1.56. The van der Waals surface area contributed by atoms with Crippen molar-refractivity contribution >= 4 is 33.5 Å². The molecule has 20 heavy (non-hydrogen) atoms. The predicted molar refractivity (Wildman–Crippen MR) is 79.5 cm³/mol. The molecule has 1 fully saturated rings. The lowest BCUT2D eigenvalue weighted by atomic mass is 9.81. The molecule has 1 aliphatic rings. The summed E-state index contributed by atoms with van der Waals surface area (Å²) in [4.78, 5) is 23.8. The molecule has 1 saturated carbocycles. The van der Waals surface area contributed by atoms with E-state index in [0.29, 0.717) is 28.6 Å². The standard InChI is InChI=1S/C14H17BrN2O3/c15-10-8-9(4-5-11(10)16)12(18)17-14(13(19)20)6-2-1-3-7-14/h4-5,8H,1-3,6-7,16H2,(H,17,18)(H,19,20). The number of anilines is 1. The summed E-state index contributed by atoms with van der Waals surface area (Å²) in [5.41, 5.74) is 5.47. The van der Waals surface area contributed by atoms with E-state index in [-0.39, 0.29) is 5.91 Å². The third-order valence-corrected chi connectivity index (χ3v) is 4.42. The molecule has 0 aromatic heterocycles. The van der Waals surface area contributed by atoms with E-state index in [1.165, 1.54) is 0 Å². The van der Waals surface area contributed by atoms with Crippen LogP contribution >= 0.6 is 15.9 Å². The molecule has 1 amide bonds. The van der Waals surface area contributed by atoms with Crippen LogP contribution in [0.1, 0.15) is 42.5 Å². The van der Waals surface area contributed by atoms with Gasteiger partial charge in [0.25, 0.3) is 5.91 Å². The minimum Gasteiger partial charge on any atom is -0.480 e. The van der Waals surface area contributed by atoms with Crippen LogP contribution < -0.4 is 11.1 Å². The summed E-state index contributed by atoms with van der Waals surface area (Å²) in [5, 5.41) is 12.1. The van der Waals surface area contributed by atoms with E-state index in [0.717, 1.165) is 19.3 Å². The molecule has 2 rings (SSSR count). The number of carbonyl (C=O) groups is 2. The first-order chi connectivity index (χ1) is 9.44. The van der Waals surface area contributed by atoms with Crippen LogP contribution in [0, 0.1) is 0 Å². The lowest BCUT2D eigenvalue weighted by Gasteiger charge is -2.34. The molecule has 5 nitrogen and oxygen atoms in total. The quantitative estimate of drug-likeness (QED) is 0.737. The van der Waals surface area contributed by atoms with E-state index in [1.807, 2.05) is 0 Å². The normalized spacial score (nSPS) is 17.4. The van der Waals surface area contributed by atoms with Gasteiger partial charge in [-0.1, -0.05) is 19.3 Å². The van der Waals surface area contributed by atoms with Gasteiger partial charge in [0.1, 0.15) is 5.54 Å². The monoisotopic (exact) mass is 340 g/mol. The van der Waals surface area contributed by atoms with Gasteiger partial charge in [-0.05, 0) is 47.0 Å². The van der Waals surface area contributed by atoms with Crippen molar-refractivity contribution < 1.29 is 14.7 Å². The van der Waals surface area contributed by atoms with Crippen LogP contribution in [0.25, 0.3) is 0 Å². The molecular weight excluding hydrogens is 324 g/mol. The molecule has 6 heteroatoms. The average Bonchev–Trinajstić information content (AvgIpc) is 2.42. The zero-order valence-corrected chi connectivity index (χ0v) is 12.6. The third-order valence-electron chi connectivity index (χ3n) is 3.73. The molecule has 4 N–H and O–H groups in total. The Morgan fingerprint density at radius 3 is 2.45 bits per heavy atom. The number of amides is 1. The van der Waals surface area contributed by atoms with Gasteiger partial charge >= 0.3 is 5.97 Å². The maximum Gasteiger partial charge on any atom is 0.329 e. The highest BCUT2D eigenvalue weighted by atomic mass is 79.9. The van der Waals surface area contributed by atoms with Crippen molar-refractivity contribution in [1.29, 1.82) is 0 Å². The van der Waals surface area contributed by atoms with Crippen molar-refractivity contribution in [3.05, 3.63) is 28.2 Å². The van der Waals surface area contributed by atoms with E-state index in [2.05, 4.69) is 21.2 Å². The Morgan fingerprint density at radius 2 is 1.90 bits per heavy atom. The molecule has 108 valence electrons. The van der Waals surface area contributed by atoms with Gasteiger partial charge in [0, 0.05) is 15.7 Å². The molecule has 0 unspecified atom stereocenters. The van der Waals surface area contributed by atoms with E-state index >= 15 is 0 Å². The molecule has 0 aliphatic heterocycles. The number of carboxylic acids is 1. The van der Waals surface area contributed by atoms with Gasteiger partial charge in [-0.15, -0.1) is 0 Å². The highest BCUT2D eigenvalue weighted by molar-refractivity contribution is 9.10. The summed E-state index contributed by atoms with van der Waals surface area (Å²) in [6.45, 7) is 0.